The van der Waals surface area contributed by atoms with Gasteiger partial charge in [0.25, 0.3) is 0 Å². The van der Waals surface area contributed by atoms with Crippen LogP contribution in [-0.4, -0.2) is 18.2 Å². The van der Waals surface area contributed by atoms with Gasteiger partial charge in [-0.05, 0) is 78.0 Å². The number of allylic oxidation sites excluding steroid dienone is 6. The number of hydrogen-bond acceptors (Lipinski definition) is 2. The molecule has 2 rings (SSSR count). The van der Waals surface area contributed by atoms with Crippen LogP contribution in [0.5, 0.6) is 5.75 Å². The summed E-state index contributed by atoms with van der Waals surface area (Å²) in [5, 5.41) is 9.43. The molecule has 0 saturated heterocycles. The SMILES string of the molecule is C=C(/C=C1/CC(C)(C)CC(/C=C/Cc2ccc(OC)cc2)=C1C)C(CC)C(=O)O. The molecule has 1 atom stereocenters. The van der Waals surface area contributed by atoms with Crippen LogP contribution in [0.25, 0.3) is 0 Å². The molecule has 0 aliphatic heterocycles. The molecule has 0 bridgehead atoms. The first-order valence-corrected chi connectivity index (χ1v) is 10.3. The summed E-state index contributed by atoms with van der Waals surface area (Å²) in [7, 11) is 1.67. The van der Waals surface area contributed by atoms with Gasteiger partial charge in [-0.2, -0.15) is 0 Å². The number of hydrogen-bond donors (Lipinski definition) is 1. The maximum atomic E-state index is 11.5. The number of carboxylic acids is 1. The third kappa shape index (κ3) is 6.22. The summed E-state index contributed by atoms with van der Waals surface area (Å²) in [6.45, 7) is 12.6. The van der Waals surface area contributed by atoms with Crippen LogP contribution in [0, 0.1) is 11.3 Å². The van der Waals surface area contributed by atoms with Crippen molar-refractivity contribution in [2.45, 2.75) is 53.4 Å². The topological polar surface area (TPSA) is 46.5 Å². The van der Waals surface area contributed by atoms with E-state index in [2.05, 4.69) is 51.6 Å². The molecule has 0 aromatic heterocycles. The third-order valence-corrected chi connectivity index (χ3v) is 5.65. The van der Waals surface area contributed by atoms with Crippen molar-refractivity contribution >= 4 is 5.97 Å². The quantitative estimate of drug-likeness (QED) is 0.546. The van der Waals surface area contributed by atoms with Gasteiger partial charge in [0.05, 0.1) is 13.0 Å². The van der Waals surface area contributed by atoms with Gasteiger partial charge in [-0.1, -0.05) is 57.7 Å². The van der Waals surface area contributed by atoms with Gasteiger partial charge in [-0.15, -0.1) is 0 Å². The van der Waals surface area contributed by atoms with Gasteiger partial charge in [-0.25, -0.2) is 0 Å². The molecule has 156 valence electrons. The van der Waals surface area contributed by atoms with Crippen molar-refractivity contribution in [1.82, 2.24) is 0 Å². The highest BCUT2D eigenvalue weighted by atomic mass is 16.5. The number of carboxylic acid groups (broad SMARTS) is 1. The normalized spacial score (nSPS) is 18.9. The molecule has 0 spiro atoms. The first-order valence-electron chi connectivity index (χ1n) is 10.3. The van der Waals surface area contributed by atoms with E-state index >= 15 is 0 Å². The second-order valence-electron chi connectivity index (χ2n) is 8.67. The minimum absolute atomic E-state index is 0.135. The minimum atomic E-state index is -0.800. The fourth-order valence-corrected chi connectivity index (χ4v) is 3.93. The average molecular weight is 395 g/mol. The summed E-state index contributed by atoms with van der Waals surface area (Å²) in [6, 6.07) is 8.13. The molecule has 1 aromatic rings. The summed E-state index contributed by atoms with van der Waals surface area (Å²) in [4.78, 5) is 11.5. The molecule has 0 fully saturated rings. The average Bonchev–Trinajstić information content (AvgIpc) is 2.65. The standard InChI is InChI=1S/C26H34O3/c1-7-24(25(27)28)18(2)15-22-17-26(4,5)16-21(19(22)3)10-8-9-20-11-13-23(29-6)14-12-20/h8,10-15,24H,2,7,9,16-17H2,1,3-6H3,(H,27,28)/b10-8+,22-15-. The van der Waals surface area contributed by atoms with Crippen molar-refractivity contribution in [1.29, 1.82) is 0 Å². The molecular weight excluding hydrogens is 360 g/mol. The zero-order valence-corrected chi connectivity index (χ0v) is 18.4. The van der Waals surface area contributed by atoms with Gasteiger partial charge in [-0.3, -0.25) is 4.79 Å². The monoisotopic (exact) mass is 394 g/mol. The molecule has 0 radical (unpaired) electrons. The van der Waals surface area contributed by atoms with Crippen LogP contribution >= 0.6 is 0 Å². The van der Waals surface area contributed by atoms with E-state index in [0.717, 1.165) is 25.0 Å². The van der Waals surface area contributed by atoms with Gasteiger partial charge in [0.15, 0.2) is 0 Å². The minimum Gasteiger partial charge on any atom is -0.497 e. The molecule has 0 saturated carbocycles. The van der Waals surface area contributed by atoms with E-state index in [1.54, 1.807) is 7.11 Å². The lowest BCUT2D eigenvalue weighted by atomic mass is 9.71. The molecule has 1 aliphatic carbocycles. The summed E-state index contributed by atoms with van der Waals surface area (Å²) < 4.78 is 5.21. The van der Waals surface area contributed by atoms with Gasteiger partial charge in [0.2, 0.25) is 0 Å². The lowest BCUT2D eigenvalue weighted by molar-refractivity contribution is -0.140. The van der Waals surface area contributed by atoms with Crippen LogP contribution in [0.3, 0.4) is 0 Å². The maximum absolute atomic E-state index is 11.5. The molecule has 1 aliphatic rings. The van der Waals surface area contributed by atoms with Crippen molar-refractivity contribution < 1.29 is 14.6 Å². The van der Waals surface area contributed by atoms with Gasteiger partial charge in [0, 0.05) is 0 Å². The first kappa shape index (κ1) is 22.7. The smallest absolute Gasteiger partial charge is 0.310 e. The number of methoxy groups -OCH3 is 1. The molecule has 0 heterocycles. The van der Waals surface area contributed by atoms with Crippen molar-refractivity contribution in [2.24, 2.45) is 11.3 Å². The van der Waals surface area contributed by atoms with Gasteiger partial charge in [0.1, 0.15) is 5.75 Å². The van der Waals surface area contributed by atoms with Crippen molar-refractivity contribution in [3.05, 3.63) is 76.9 Å². The number of benzene rings is 1. The van der Waals surface area contributed by atoms with Gasteiger partial charge < -0.3 is 9.84 Å². The largest absolute Gasteiger partial charge is 0.497 e. The Hall–Kier alpha value is -2.55. The number of ether oxygens (including phenoxy) is 1. The Morgan fingerprint density at radius 2 is 1.93 bits per heavy atom. The summed E-state index contributed by atoms with van der Waals surface area (Å²) >= 11 is 0. The molecule has 1 N–H and O–H groups in total. The second kappa shape index (κ2) is 9.78. The lowest BCUT2D eigenvalue weighted by Gasteiger charge is -2.34. The van der Waals surface area contributed by atoms with Crippen LogP contribution in [0.15, 0.2) is 71.4 Å². The Balaban J connectivity index is 2.23. The fourth-order valence-electron chi connectivity index (χ4n) is 3.93. The number of rotatable bonds is 8. The van der Waals surface area contributed by atoms with Crippen LogP contribution in [0.2, 0.25) is 0 Å². The van der Waals surface area contributed by atoms with E-state index in [4.69, 9.17) is 4.74 Å². The van der Waals surface area contributed by atoms with Gasteiger partial charge >= 0.3 is 5.97 Å². The van der Waals surface area contributed by atoms with E-state index in [1.165, 1.54) is 22.3 Å². The Morgan fingerprint density at radius 3 is 2.48 bits per heavy atom. The Bertz CT molecular complexity index is 835. The third-order valence-electron chi connectivity index (χ3n) is 5.65. The zero-order chi connectivity index (χ0) is 21.6. The van der Waals surface area contributed by atoms with Crippen LogP contribution < -0.4 is 4.74 Å². The molecule has 3 nitrogen and oxygen atoms in total. The molecule has 1 aromatic carbocycles. The predicted octanol–water partition coefficient (Wildman–Crippen LogP) is 6.52. The Labute approximate surface area is 175 Å². The van der Waals surface area contributed by atoms with E-state index in [1.807, 2.05) is 25.1 Å². The van der Waals surface area contributed by atoms with Crippen molar-refractivity contribution in [3.8, 4) is 5.75 Å². The van der Waals surface area contributed by atoms with E-state index in [-0.39, 0.29) is 5.41 Å². The summed E-state index contributed by atoms with van der Waals surface area (Å²) in [5.74, 6) is -0.452. The molecule has 0 amide bonds. The van der Waals surface area contributed by atoms with E-state index < -0.39 is 11.9 Å². The fraction of sp³-hybridized carbons (Fsp3) is 0.423. The number of aliphatic carboxylic acids is 1. The Morgan fingerprint density at radius 1 is 1.28 bits per heavy atom. The molecule has 3 heteroatoms. The highest BCUT2D eigenvalue weighted by Gasteiger charge is 2.28. The highest BCUT2D eigenvalue weighted by Crippen LogP contribution is 2.42. The summed E-state index contributed by atoms with van der Waals surface area (Å²) in [5.41, 5.74) is 5.83. The predicted molar refractivity (Wildman–Crippen MR) is 120 cm³/mol. The molecular formula is C26H34O3. The maximum Gasteiger partial charge on any atom is 0.310 e. The molecule has 29 heavy (non-hydrogen) atoms. The van der Waals surface area contributed by atoms with E-state index in [9.17, 15) is 9.90 Å². The van der Waals surface area contributed by atoms with Crippen LogP contribution in [0.4, 0.5) is 0 Å². The van der Waals surface area contributed by atoms with Crippen LogP contribution in [-0.2, 0) is 11.2 Å². The summed E-state index contributed by atoms with van der Waals surface area (Å²) in [6.07, 6.45) is 9.81. The van der Waals surface area contributed by atoms with Crippen molar-refractivity contribution in [3.63, 3.8) is 0 Å². The first-order chi connectivity index (χ1) is 13.7. The second-order valence-corrected chi connectivity index (χ2v) is 8.67. The van der Waals surface area contributed by atoms with E-state index in [0.29, 0.717) is 12.0 Å². The van der Waals surface area contributed by atoms with Crippen LogP contribution in [0.1, 0.15) is 52.5 Å². The number of carbonyl (C=O) groups is 1. The lowest BCUT2D eigenvalue weighted by Crippen LogP contribution is -2.20. The highest BCUT2D eigenvalue weighted by molar-refractivity contribution is 5.74. The van der Waals surface area contributed by atoms with Crippen molar-refractivity contribution in [2.75, 3.05) is 7.11 Å². The molecule has 1 unspecified atom stereocenters. The zero-order valence-electron chi connectivity index (χ0n) is 18.4. The Kier molecular flexibility index (Phi) is 7.66.